The molecular weight excluding hydrogens is 446 g/mol. The lowest BCUT2D eigenvalue weighted by Crippen LogP contribution is -2.41. The van der Waals surface area contributed by atoms with E-state index in [-0.39, 0.29) is 11.9 Å². The Morgan fingerprint density at radius 1 is 1.25 bits per heavy atom. The number of rotatable bonds is 6. The van der Waals surface area contributed by atoms with Gasteiger partial charge >= 0.3 is 0 Å². The Kier molecular flexibility index (Phi) is 6.62. The molecule has 0 saturated carbocycles. The number of hydrogen-bond donors (Lipinski definition) is 2. The van der Waals surface area contributed by atoms with E-state index in [9.17, 15) is 4.79 Å². The molecule has 0 fully saturated rings. The monoisotopic (exact) mass is 471 g/mol. The van der Waals surface area contributed by atoms with Crippen LogP contribution in [0.2, 0.25) is 5.02 Å². The number of methoxy groups -OCH3 is 1. The third kappa shape index (κ3) is 4.42. The van der Waals surface area contributed by atoms with E-state index in [1.807, 2.05) is 54.9 Å². The van der Waals surface area contributed by atoms with Crippen LogP contribution >= 0.6 is 23.4 Å². The van der Waals surface area contributed by atoms with Crippen LogP contribution in [-0.4, -0.2) is 33.1 Å². The van der Waals surface area contributed by atoms with E-state index >= 15 is 0 Å². The number of amides is 1. The van der Waals surface area contributed by atoms with Crippen molar-refractivity contribution in [1.82, 2.24) is 14.9 Å². The summed E-state index contributed by atoms with van der Waals surface area (Å²) in [6.07, 6.45) is 1.73. The third-order valence-electron chi connectivity index (χ3n) is 5.42. The van der Waals surface area contributed by atoms with Crippen molar-refractivity contribution in [3.63, 3.8) is 0 Å². The van der Waals surface area contributed by atoms with Crippen LogP contribution in [-0.2, 0) is 11.2 Å². The minimum Gasteiger partial charge on any atom is -0.495 e. The van der Waals surface area contributed by atoms with Crippen molar-refractivity contribution in [2.45, 2.75) is 50.1 Å². The fourth-order valence-corrected chi connectivity index (χ4v) is 5.05. The Hall–Kier alpha value is -2.71. The highest BCUT2D eigenvalue weighted by Gasteiger charge is 2.38. The average molecular weight is 472 g/mol. The Balaban J connectivity index is 1.70. The van der Waals surface area contributed by atoms with Gasteiger partial charge in [-0.25, -0.2) is 4.68 Å². The van der Waals surface area contributed by atoms with Crippen molar-refractivity contribution < 1.29 is 9.53 Å². The Labute approximate surface area is 196 Å². The molecule has 168 valence electrons. The largest absolute Gasteiger partial charge is 0.495 e. The zero-order valence-electron chi connectivity index (χ0n) is 18.5. The van der Waals surface area contributed by atoms with Crippen LogP contribution in [0.4, 0.5) is 5.69 Å². The minimum absolute atomic E-state index is 0.112. The van der Waals surface area contributed by atoms with Crippen molar-refractivity contribution >= 4 is 35.0 Å². The van der Waals surface area contributed by atoms with Crippen LogP contribution in [0, 0.1) is 13.8 Å². The van der Waals surface area contributed by atoms with Crippen molar-refractivity contribution in [2.24, 2.45) is 0 Å². The summed E-state index contributed by atoms with van der Waals surface area (Å²) in [6.45, 7) is 6.08. The quantitative estimate of drug-likeness (QED) is 0.531. The van der Waals surface area contributed by atoms with Gasteiger partial charge in [0.05, 0.1) is 18.2 Å². The van der Waals surface area contributed by atoms with Gasteiger partial charge in [0.15, 0.2) is 5.82 Å². The van der Waals surface area contributed by atoms with Crippen molar-refractivity contribution in [3.8, 4) is 5.75 Å². The maximum absolute atomic E-state index is 13.5. The number of carbonyl (C=O) groups is 1. The van der Waals surface area contributed by atoms with E-state index in [1.165, 1.54) is 11.8 Å². The van der Waals surface area contributed by atoms with Crippen LogP contribution in [0.15, 0.2) is 41.6 Å². The van der Waals surface area contributed by atoms with E-state index in [4.69, 9.17) is 16.3 Å². The van der Waals surface area contributed by atoms with Crippen LogP contribution in [0.3, 0.4) is 0 Å². The fraction of sp³-hybridized carbons (Fsp3) is 0.348. The van der Waals surface area contributed by atoms with E-state index < -0.39 is 5.25 Å². The molecule has 2 aromatic carbocycles. The number of carbonyl (C=O) groups excluding carboxylic acids is 1. The molecule has 4 rings (SSSR count). The first-order valence-corrected chi connectivity index (χ1v) is 11.8. The lowest BCUT2D eigenvalue weighted by Gasteiger charge is -2.33. The number of anilines is 1. The molecule has 1 aliphatic heterocycles. The summed E-state index contributed by atoms with van der Waals surface area (Å²) in [6, 6.07) is 11.3. The summed E-state index contributed by atoms with van der Waals surface area (Å²) >= 11 is 7.81. The molecule has 0 radical (unpaired) electrons. The van der Waals surface area contributed by atoms with Crippen molar-refractivity contribution in [1.29, 1.82) is 0 Å². The summed E-state index contributed by atoms with van der Waals surface area (Å²) in [5.41, 5.74) is 7.25. The molecule has 1 amide bonds. The molecule has 3 aromatic rings. The highest BCUT2D eigenvalue weighted by Crippen LogP contribution is 2.39. The van der Waals surface area contributed by atoms with Crippen molar-refractivity contribution in [2.75, 3.05) is 17.9 Å². The van der Waals surface area contributed by atoms with Gasteiger partial charge in [-0.05, 0) is 55.2 Å². The standard InChI is InChI=1S/C23H26ClN5O2S/c1-5-6-19-26-27-23-29(19)28-20(15-9-10-18(31-4)16(24)12-15)21(32-23)22(30)25-17-11-13(2)7-8-14(17)3/h7-12,20-21,28H,5-6H2,1-4H3,(H,25,30)/t20-,21-/m1/s1. The van der Waals surface area contributed by atoms with E-state index in [0.29, 0.717) is 15.9 Å². The van der Waals surface area contributed by atoms with Gasteiger partial charge in [0.2, 0.25) is 11.1 Å². The molecule has 9 heteroatoms. The van der Waals surface area contributed by atoms with Gasteiger partial charge in [0.1, 0.15) is 11.0 Å². The van der Waals surface area contributed by atoms with E-state index in [0.717, 1.165) is 41.0 Å². The van der Waals surface area contributed by atoms with Crippen molar-refractivity contribution in [3.05, 3.63) is 63.9 Å². The highest BCUT2D eigenvalue weighted by atomic mass is 35.5. The van der Waals surface area contributed by atoms with Crippen LogP contribution < -0.4 is 15.5 Å². The van der Waals surface area contributed by atoms with Crippen LogP contribution in [0.1, 0.15) is 41.9 Å². The zero-order valence-corrected chi connectivity index (χ0v) is 20.0. The molecule has 0 unspecified atom stereocenters. The number of fused-ring (bicyclic) bond motifs is 1. The topological polar surface area (TPSA) is 81.1 Å². The number of thioether (sulfide) groups is 1. The van der Waals surface area contributed by atoms with Gasteiger partial charge in [0.25, 0.3) is 0 Å². The molecule has 32 heavy (non-hydrogen) atoms. The summed E-state index contributed by atoms with van der Waals surface area (Å²) < 4.78 is 7.19. The fourth-order valence-electron chi connectivity index (χ4n) is 3.68. The Morgan fingerprint density at radius 2 is 2.06 bits per heavy atom. The minimum atomic E-state index is -0.481. The van der Waals surface area contributed by atoms with Gasteiger partial charge < -0.3 is 15.5 Å². The highest BCUT2D eigenvalue weighted by molar-refractivity contribution is 8.00. The smallest absolute Gasteiger partial charge is 0.240 e. The number of aryl methyl sites for hydroxylation is 3. The third-order valence-corrected chi connectivity index (χ3v) is 6.93. The predicted molar refractivity (Wildman–Crippen MR) is 128 cm³/mol. The van der Waals surface area contributed by atoms with Gasteiger partial charge in [-0.15, -0.1) is 10.2 Å². The van der Waals surface area contributed by atoms with Gasteiger partial charge in [0, 0.05) is 12.1 Å². The van der Waals surface area contributed by atoms with Gasteiger partial charge in [-0.2, -0.15) is 0 Å². The number of nitrogens with zero attached hydrogens (tertiary/aromatic N) is 3. The molecule has 1 aromatic heterocycles. The van der Waals surface area contributed by atoms with E-state index in [1.54, 1.807) is 7.11 Å². The van der Waals surface area contributed by atoms with Gasteiger partial charge in [-0.1, -0.05) is 48.5 Å². The average Bonchev–Trinajstić information content (AvgIpc) is 3.17. The molecule has 0 bridgehead atoms. The molecule has 0 saturated heterocycles. The normalized spacial score (nSPS) is 17.4. The van der Waals surface area contributed by atoms with E-state index in [2.05, 4.69) is 27.9 Å². The first-order chi connectivity index (χ1) is 15.4. The lowest BCUT2D eigenvalue weighted by molar-refractivity contribution is -0.116. The zero-order chi connectivity index (χ0) is 22.8. The summed E-state index contributed by atoms with van der Waals surface area (Å²) in [5, 5.41) is 12.4. The Morgan fingerprint density at radius 3 is 2.78 bits per heavy atom. The number of aromatic nitrogens is 3. The number of halogens is 1. The van der Waals surface area contributed by atoms with Crippen LogP contribution in [0.25, 0.3) is 0 Å². The molecule has 2 atom stereocenters. The number of ether oxygens (including phenoxy) is 1. The maximum atomic E-state index is 13.5. The first kappa shape index (κ1) is 22.5. The lowest BCUT2D eigenvalue weighted by atomic mass is 10.0. The molecule has 2 N–H and O–H groups in total. The molecule has 0 aliphatic carbocycles. The number of hydrogen-bond acceptors (Lipinski definition) is 6. The van der Waals surface area contributed by atoms with Gasteiger partial charge in [-0.3, -0.25) is 4.79 Å². The molecule has 0 spiro atoms. The Bertz CT molecular complexity index is 1150. The number of nitrogens with one attached hydrogen (secondary N) is 2. The second kappa shape index (κ2) is 9.42. The summed E-state index contributed by atoms with van der Waals surface area (Å²) in [4.78, 5) is 13.5. The summed E-state index contributed by atoms with van der Waals surface area (Å²) in [5.74, 6) is 1.32. The second-order valence-corrected chi connectivity index (χ2v) is 9.35. The summed E-state index contributed by atoms with van der Waals surface area (Å²) in [7, 11) is 1.58. The maximum Gasteiger partial charge on any atom is 0.240 e. The number of benzene rings is 2. The second-order valence-electron chi connectivity index (χ2n) is 7.83. The molecule has 7 nitrogen and oxygen atoms in total. The van der Waals surface area contributed by atoms with Crippen LogP contribution in [0.5, 0.6) is 5.75 Å². The molecule has 2 heterocycles. The predicted octanol–water partition coefficient (Wildman–Crippen LogP) is 4.91. The first-order valence-electron chi connectivity index (χ1n) is 10.5. The molecular formula is C23H26ClN5O2S. The SMILES string of the molecule is CCCc1nnc2n1N[C@H](c1ccc(OC)c(Cl)c1)[C@H](C(=O)Nc1cc(C)ccc1C)S2. The molecule has 1 aliphatic rings.